The van der Waals surface area contributed by atoms with Gasteiger partial charge in [-0.2, -0.15) is 17.7 Å². The number of hydrogen-bond donors (Lipinski definition) is 2. The molecule has 19 heteroatoms. The van der Waals surface area contributed by atoms with Crippen molar-refractivity contribution >= 4 is 50.8 Å². The summed E-state index contributed by atoms with van der Waals surface area (Å²) in [5.41, 5.74) is 2.27. The van der Waals surface area contributed by atoms with Crippen LogP contribution in [0.25, 0.3) is 4.85 Å². The number of alkyl halides is 3. The Morgan fingerprint density at radius 2 is 1.66 bits per heavy atom. The van der Waals surface area contributed by atoms with E-state index in [-0.39, 0.29) is 51.2 Å². The van der Waals surface area contributed by atoms with Crippen LogP contribution in [-0.4, -0.2) is 96.2 Å². The number of fused-ring (bicyclic) bond motifs is 1. The van der Waals surface area contributed by atoms with Gasteiger partial charge in [-0.1, -0.05) is 48.8 Å². The Balaban J connectivity index is 2.21. The third-order valence-electron chi connectivity index (χ3n) is 9.02. The Kier molecular flexibility index (Phi) is 24.5. The number of allylic oxidation sites excluding steroid dienone is 5. The molecule has 2 atom stereocenters. The van der Waals surface area contributed by atoms with Gasteiger partial charge in [-0.15, -0.1) is 4.33 Å². The third kappa shape index (κ3) is 17.8. The van der Waals surface area contributed by atoms with Crippen LogP contribution in [0.2, 0.25) is 0 Å². The van der Waals surface area contributed by atoms with Crippen molar-refractivity contribution in [3.63, 3.8) is 0 Å². The molecule has 2 unspecified atom stereocenters. The highest BCUT2D eigenvalue weighted by atomic mass is 32.2. The number of unbranched alkanes of at least 4 members (excludes halogenated alkanes) is 4. The first-order valence-corrected chi connectivity index (χ1v) is 23.4. The molecule has 332 valence electrons. The molecule has 0 fully saturated rings. The fraction of sp³-hybridized carbons (Fsp3) is 0.625. The zero-order valence-electron chi connectivity index (χ0n) is 35.1. The third-order valence-corrected chi connectivity index (χ3v) is 13.7. The van der Waals surface area contributed by atoms with Crippen molar-refractivity contribution in [3.8, 4) is 0 Å². The number of rotatable bonds is 31. The van der Waals surface area contributed by atoms with E-state index in [1.165, 1.54) is 0 Å². The van der Waals surface area contributed by atoms with Crippen molar-refractivity contribution in [2.45, 2.75) is 110 Å². The molecule has 0 saturated heterocycles. The second-order valence-corrected chi connectivity index (χ2v) is 18.8. The number of amides is 1. The van der Waals surface area contributed by atoms with E-state index in [1.807, 2.05) is 41.8 Å². The lowest BCUT2D eigenvalue weighted by Crippen LogP contribution is -2.37. The summed E-state index contributed by atoms with van der Waals surface area (Å²) in [7, 11) is -5.25. The summed E-state index contributed by atoms with van der Waals surface area (Å²) in [4.78, 5) is 14.6. The minimum absolute atomic E-state index is 0.0686. The minimum atomic E-state index is -4.97. The molecule has 59 heavy (non-hydrogen) atoms. The maximum atomic E-state index is 14.6. The molecular formula is C40H62F3N4O9P2S+. The largest absolute Gasteiger partial charge is 0.471 e. The van der Waals surface area contributed by atoms with Gasteiger partial charge in [-0.3, -0.25) is 9.36 Å². The second-order valence-electron chi connectivity index (χ2n) is 14.6. The molecule has 1 aromatic carbocycles. The molecular weight excluding hydrogens is 831 g/mol. The number of carbonyl (C=O) groups excluding carboxylic acids is 1. The van der Waals surface area contributed by atoms with Crippen LogP contribution in [0.4, 0.5) is 18.9 Å². The first-order chi connectivity index (χ1) is 28.0. The van der Waals surface area contributed by atoms with Crippen LogP contribution < -0.4 is 10.6 Å². The zero-order chi connectivity index (χ0) is 43.9. The fourth-order valence-corrected chi connectivity index (χ4v) is 9.93. The average molecular weight is 894 g/mol. The van der Waals surface area contributed by atoms with Gasteiger partial charge in [0.05, 0.1) is 30.5 Å². The van der Waals surface area contributed by atoms with Gasteiger partial charge in [0.1, 0.15) is 13.2 Å². The lowest BCUT2D eigenvalue weighted by molar-refractivity contribution is -0.438. The monoisotopic (exact) mass is 893 g/mol. The molecule has 2 N–H and O–H groups in total. The van der Waals surface area contributed by atoms with Crippen LogP contribution in [0, 0.1) is 6.57 Å². The summed E-state index contributed by atoms with van der Waals surface area (Å²) < 4.78 is 85.7. The van der Waals surface area contributed by atoms with E-state index in [2.05, 4.69) is 71.6 Å². The second kappa shape index (κ2) is 27.5. The molecule has 1 aliphatic rings. The molecule has 0 aromatic heterocycles. The minimum Gasteiger partial charge on any atom is -0.348 e. The molecule has 0 bridgehead atoms. The van der Waals surface area contributed by atoms with E-state index in [1.54, 1.807) is 12.1 Å². The Hall–Kier alpha value is -2.45. The quantitative estimate of drug-likeness (QED) is 0.0108. The van der Waals surface area contributed by atoms with Crippen LogP contribution in [0.15, 0.2) is 55.2 Å². The van der Waals surface area contributed by atoms with E-state index < -0.39 is 33.6 Å². The summed E-state index contributed by atoms with van der Waals surface area (Å²) in [5, 5.41) is 14.4. The highest BCUT2D eigenvalue weighted by Crippen LogP contribution is 2.50. The SMILES string of the molecule is [C-]#[N+]CCOP(OCCCCCCOP(=O)(OCCCCNC(=O)C(F)(F)F)c1ccc2c(c1)C(C)(C)C(/C=C/C=C/C=C)=[N+]2CCCSOOO)N(C(C)C)C(C)C. The molecule has 0 radical (unpaired) electrons. The van der Waals surface area contributed by atoms with Gasteiger partial charge in [-0.25, -0.2) is 16.5 Å². The van der Waals surface area contributed by atoms with E-state index in [0.717, 1.165) is 48.3 Å². The molecule has 0 aliphatic carbocycles. The van der Waals surface area contributed by atoms with Gasteiger partial charge >= 0.3 is 19.7 Å². The topological polar surface area (TPSA) is 132 Å². The number of nitrogens with one attached hydrogen (secondary N) is 1. The molecule has 1 heterocycles. The van der Waals surface area contributed by atoms with Crippen LogP contribution in [0.1, 0.15) is 92.1 Å². The van der Waals surface area contributed by atoms with Crippen molar-refractivity contribution in [1.29, 1.82) is 0 Å². The average Bonchev–Trinajstić information content (AvgIpc) is 3.38. The van der Waals surface area contributed by atoms with Crippen molar-refractivity contribution in [2.75, 3.05) is 51.8 Å². The number of benzene rings is 1. The number of carbonyl (C=O) groups is 1. The van der Waals surface area contributed by atoms with Gasteiger partial charge in [0.15, 0.2) is 5.71 Å². The zero-order valence-corrected chi connectivity index (χ0v) is 37.7. The lowest BCUT2D eigenvalue weighted by atomic mass is 9.81. The summed E-state index contributed by atoms with van der Waals surface area (Å²) in [5.74, 6) is -1.47. The standard InChI is InChI=1S/C40H61F3N4O9P2S/c1-9-10-11-14-20-37-39(6,7)35-31-34(21-22-36(35)46(37)25-19-30-59-56-55-49)58(50,54-28-18-15-23-45-38(48)40(41,42)43)53-27-17-13-12-16-26-51-57(52-29-24-44-8)47(32(2)3)33(4)5/h9-11,14,20-22,31-33H,1,12-13,15-19,23-30H2,2-7H3,(H-,45,48,49)/p+1/b11-10+,20-14+. The molecule has 1 aliphatic heterocycles. The van der Waals surface area contributed by atoms with E-state index >= 15 is 0 Å². The number of hydrogen-bond acceptors (Lipinski definition) is 11. The van der Waals surface area contributed by atoms with Crippen molar-refractivity contribution in [3.05, 3.63) is 72.1 Å². The van der Waals surface area contributed by atoms with Gasteiger partial charge in [-0.05, 0) is 79.4 Å². The van der Waals surface area contributed by atoms with Gasteiger partial charge in [0.25, 0.3) is 8.53 Å². The van der Waals surface area contributed by atoms with Crippen molar-refractivity contribution in [2.24, 2.45) is 0 Å². The number of nitrogens with zero attached hydrogens (tertiary/aromatic N) is 3. The molecule has 1 aromatic rings. The Labute approximate surface area is 353 Å². The molecule has 13 nitrogen and oxygen atoms in total. The maximum Gasteiger partial charge on any atom is 0.471 e. The highest BCUT2D eigenvalue weighted by molar-refractivity contribution is 7.94. The van der Waals surface area contributed by atoms with Crippen LogP contribution in [0.5, 0.6) is 0 Å². The first-order valence-electron chi connectivity index (χ1n) is 19.8. The lowest BCUT2D eigenvalue weighted by Gasteiger charge is -2.35. The summed E-state index contributed by atoms with van der Waals surface area (Å²) >= 11 is 0.976. The van der Waals surface area contributed by atoms with E-state index in [4.69, 9.17) is 29.9 Å². The van der Waals surface area contributed by atoms with Gasteiger partial charge < -0.3 is 28.3 Å². The molecule has 0 saturated carbocycles. The molecule has 0 spiro atoms. The van der Waals surface area contributed by atoms with E-state index in [9.17, 15) is 22.5 Å². The summed E-state index contributed by atoms with van der Waals surface area (Å²) in [6, 6.07) is 5.86. The van der Waals surface area contributed by atoms with Crippen LogP contribution >= 0.6 is 28.2 Å². The number of halogens is 3. The van der Waals surface area contributed by atoms with Crippen molar-refractivity contribution < 1.29 is 59.8 Å². The first kappa shape index (κ1) is 52.7. The predicted octanol–water partition coefficient (Wildman–Crippen LogP) is 9.99. The normalized spacial score (nSPS) is 15.7. The van der Waals surface area contributed by atoms with Gasteiger partial charge in [0, 0.05) is 60.6 Å². The van der Waals surface area contributed by atoms with Crippen molar-refractivity contribution in [1.82, 2.24) is 9.99 Å². The maximum absolute atomic E-state index is 14.6. The van der Waals surface area contributed by atoms with Crippen LogP contribution in [0.3, 0.4) is 0 Å². The predicted molar refractivity (Wildman–Crippen MR) is 228 cm³/mol. The Bertz CT molecular complexity index is 1630. The highest BCUT2D eigenvalue weighted by Gasteiger charge is 2.45. The Morgan fingerprint density at radius 1 is 1.02 bits per heavy atom. The van der Waals surface area contributed by atoms with Gasteiger partial charge in [0.2, 0.25) is 12.2 Å². The molecule has 2 rings (SSSR count). The van der Waals surface area contributed by atoms with Crippen LogP contribution in [-0.2, 0) is 42.2 Å². The summed E-state index contributed by atoms with van der Waals surface area (Å²) in [6.45, 7) is 24.8. The summed E-state index contributed by atoms with van der Waals surface area (Å²) in [6.07, 6.45) is 8.37. The fourth-order valence-electron chi connectivity index (χ4n) is 6.30. The van der Waals surface area contributed by atoms with E-state index in [0.29, 0.717) is 43.7 Å². The smallest absolute Gasteiger partial charge is 0.348 e. The molecule has 1 amide bonds. The Morgan fingerprint density at radius 3 is 2.27 bits per heavy atom.